The van der Waals surface area contributed by atoms with Crippen molar-refractivity contribution in [2.75, 3.05) is 11.4 Å². The lowest BCUT2D eigenvalue weighted by molar-refractivity contribution is 0.0671. The molecule has 0 amide bonds. The van der Waals surface area contributed by atoms with Crippen LogP contribution in [0.1, 0.15) is 32.4 Å². The Balaban J connectivity index is 1.78. The minimum atomic E-state index is -0.835. The van der Waals surface area contributed by atoms with Gasteiger partial charge in [0.25, 0.3) is 0 Å². The van der Waals surface area contributed by atoms with Gasteiger partial charge in [-0.05, 0) is 30.4 Å². The highest BCUT2D eigenvalue weighted by Gasteiger charge is 2.57. The van der Waals surface area contributed by atoms with Crippen LogP contribution in [0.25, 0.3) is 0 Å². The van der Waals surface area contributed by atoms with Gasteiger partial charge in [0, 0.05) is 36.1 Å². The maximum atomic E-state index is 13.6. The van der Waals surface area contributed by atoms with Gasteiger partial charge in [0.2, 0.25) is 0 Å². The first-order chi connectivity index (χ1) is 10.4. The summed E-state index contributed by atoms with van der Waals surface area (Å²) in [4.78, 5) is 10.9. The van der Waals surface area contributed by atoms with Crippen LogP contribution in [0, 0.1) is 17.0 Å². The predicted molar refractivity (Wildman–Crippen MR) is 80.1 cm³/mol. The zero-order chi connectivity index (χ0) is 15.5. The highest BCUT2D eigenvalue weighted by molar-refractivity contribution is 5.68. The summed E-state index contributed by atoms with van der Waals surface area (Å²) in [6.45, 7) is 5.21. The molecule has 0 bridgehead atoms. The average molecular weight is 301 g/mol. The van der Waals surface area contributed by atoms with Crippen molar-refractivity contribution in [3.05, 3.63) is 47.9 Å². The number of rotatable bonds is 1. The van der Waals surface area contributed by atoms with Crippen LogP contribution < -0.4 is 4.90 Å². The second-order valence-electron chi connectivity index (χ2n) is 7.21. The number of anilines is 2. The Hall–Kier alpha value is -2.04. The summed E-state index contributed by atoms with van der Waals surface area (Å²) in [5, 5.41) is 0. The first-order valence-corrected chi connectivity index (χ1v) is 7.44. The molecule has 2 heterocycles. The summed E-state index contributed by atoms with van der Waals surface area (Å²) in [5.74, 6) is -0.899. The molecule has 1 saturated carbocycles. The molecule has 2 aliphatic rings. The van der Waals surface area contributed by atoms with E-state index in [1.165, 1.54) is 6.07 Å². The molecule has 1 aromatic heterocycles. The Bertz CT molecular complexity index is 749. The van der Waals surface area contributed by atoms with Crippen LogP contribution in [0.3, 0.4) is 0 Å². The standard InChI is InChI=1S/C17H17F2N3/c1-16(2)8-17(9-16)10-22(15-14(17)20-5-6-21-15)11-3-4-12(18)13(19)7-11/h3-7H,8-10H2,1-2H3. The summed E-state index contributed by atoms with van der Waals surface area (Å²) in [5.41, 5.74) is 1.89. The maximum absolute atomic E-state index is 13.6. The van der Waals surface area contributed by atoms with Crippen LogP contribution in [0.15, 0.2) is 30.6 Å². The smallest absolute Gasteiger partial charge is 0.160 e. The Labute approximate surface area is 128 Å². The van der Waals surface area contributed by atoms with Crippen LogP contribution in [-0.2, 0) is 5.41 Å². The van der Waals surface area contributed by atoms with Crippen LogP contribution in [0.5, 0.6) is 0 Å². The largest absolute Gasteiger partial charge is 0.324 e. The third kappa shape index (κ3) is 1.84. The number of nitrogens with zero attached hydrogens (tertiary/aromatic N) is 3. The second kappa shape index (κ2) is 4.24. The van der Waals surface area contributed by atoms with Crippen molar-refractivity contribution in [1.82, 2.24) is 9.97 Å². The van der Waals surface area contributed by atoms with Crippen LogP contribution >= 0.6 is 0 Å². The van der Waals surface area contributed by atoms with Gasteiger partial charge in [0.15, 0.2) is 17.5 Å². The van der Waals surface area contributed by atoms with Gasteiger partial charge < -0.3 is 4.90 Å². The van der Waals surface area contributed by atoms with Gasteiger partial charge in [0.05, 0.1) is 5.69 Å². The number of halogens is 2. The van der Waals surface area contributed by atoms with E-state index in [9.17, 15) is 8.78 Å². The Morgan fingerprint density at radius 3 is 2.45 bits per heavy atom. The van der Waals surface area contributed by atoms with E-state index in [0.29, 0.717) is 11.1 Å². The van der Waals surface area contributed by atoms with E-state index < -0.39 is 11.6 Å². The molecule has 0 unspecified atom stereocenters. The molecule has 1 aromatic carbocycles. The number of hydrogen-bond acceptors (Lipinski definition) is 3. The van der Waals surface area contributed by atoms with Gasteiger partial charge in [-0.25, -0.2) is 13.8 Å². The average Bonchev–Trinajstić information content (AvgIpc) is 2.76. The summed E-state index contributed by atoms with van der Waals surface area (Å²) in [7, 11) is 0. The minimum absolute atomic E-state index is 0.0159. The van der Waals surface area contributed by atoms with Crippen molar-refractivity contribution < 1.29 is 8.78 Å². The molecule has 2 aromatic rings. The summed E-state index contributed by atoms with van der Waals surface area (Å²) in [6, 6.07) is 3.99. The first kappa shape index (κ1) is 13.6. The number of hydrogen-bond donors (Lipinski definition) is 0. The molecule has 1 aliphatic heterocycles. The Kier molecular flexibility index (Phi) is 2.63. The van der Waals surface area contributed by atoms with E-state index in [2.05, 4.69) is 23.8 Å². The summed E-state index contributed by atoms with van der Waals surface area (Å²) >= 11 is 0. The van der Waals surface area contributed by atoms with Crippen LogP contribution in [-0.4, -0.2) is 16.5 Å². The molecule has 0 atom stereocenters. The van der Waals surface area contributed by atoms with E-state index in [1.54, 1.807) is 18.5 Å². The Morgan fingerprint density at radius 1 is 1.05 bits per heavy atom. The van der Waals surface area contributed by atoms with Crippen molar-refractivity contribution in [3.63, 3.8) is 0 Å². The first-order valence-electron chi connectivity index (χ1n) is 7.44. The Morgan fingerprint density at radius 2 is 1.77 bits per heavy atom. The van der Waals surface area contributed by atoms with Crippen molar-refractivity contribution >= 4 is 11.5 Å². The number of aromatic nitrogens is 2. The monoisotopic (exact) mass is 301 g/mol. The molecule has 5 heteroatoms. The van der Waals surface area contributed by atoms with Crippen molar-refractivity contribution in [3.8, 4) is 0 Å². The van der Waals surface area contributed by atoms with Gasteiger partial charge in [0.1, 0.15) is 0 Å². The van der Waals surface area contributed by atoms with E-state index in [-0.39, 0.29) is 5.41 Å². The molecule has 0 radical (unpaired) electrons. The SMILES string of the molecule is CC1(C)CC2(CN(c3ccc(F)c(F)c3)c3nccnc32)C1. The lowest BCUT2D eigenvalue weighted by Crippen LogP contribution is -2.49. The third-order valence-corrected chi connectivity index (χ3v) is 4.75. The quantitative estimate of drug-likeness (QED) is 0.798. The highest BCUT2D eigenvalue weighted by atomic mass is 19.2. The van der Waals surface area contributed by atoms with Gasteiger partial charge in [-0.1, -0.05) is 13.8 Å². The van der Waals surface area contributed by atoms with E-state index >= 15 is 0 Å². The van der Waals surface area contributed by atoms with E-state index in [1.807, 2.05) is 4.90 Å². The molecule has 114 valence electrons. The van der Waals surface area contributed by atoms with Gasteiger partial charge in [-0.2, -0.15) is 0 Å². The van der Waals surface area contributed by atoms with Crippen molar-refractivity contribution in [1.29, 1.82) is 0 Å². The lowest BCUT2D eigenvalue weighted by atomic mass is 9.54. The van der Waals surface area contributed by atoms with E-state index in [4.69, 9.17) is 0 Å². The molecule has 1 fully saturated rings. The molecule has 0 saturated heterocycles. The number of fused-ring (bicyclic) bond motifs is 2. The molecule has 0 N–H and O–H groups in total. The zero-order valence-corrected chi connectivity index (χ0v) is 12.6. The molecule has 1 spiro atoms. The summed E-state index contributed by atoms with van der Waals surface area (Å²) < 4.78 is 26.8. The predicted octanol–water partition coefficient (Wildman–Crippen LogP) is 3.96. The molecule has 1 aliphatic carbocycles. The third-order valence-electron chi connectivity index (χ3n) is 4.75. The van der Waals surface area contributed by atoms with Crippen LogP contribution in [0.2, 0.25) is 0 Å². The fourth-order valence-corrected chi connectivity index (χ4v) is 4.28. The highest BCUT2D eigenvalue weighted by Crippen LogP contribution is 2.60. The fraction of sp³-hybridized carbons (Fsp3) is 0.412. The van der Waals surface area contributed by atoms with Gasteiger partial charge >= 0.3 is 0 Å². The van der Waals surface area contributed by atoms with Crippen LogP contribution in [0.4, 0.5) is 20.3 Å². The second-order valence-corrected chi connectivity index (χ2v) is 7.21. The molecular formula is C17H17F2N3. The lowest BCUT2D eigenvalue weighted by Gasteiger charge is -2.51. The topological polar surface area (TPSA) is 29.0 Å². The zero-order valence-electron chi connectivity index (χ0n) is 12.6. The van der Waals surface area contributed by atoms with Gasteiger partial charge in [-0.3, -0.25) is 4.98 Å². The summed E-state index contributed by atoms with van der Waals surface area (Å²) in [6.07, 6.45) is 5.42. The maximum Gasteiger partial charge on any atom is 0.160 e. The van der Waals surface area contributed by atoms with E-state index in [0.717, 1.165) is 37.0 Å². The normalized spacial score (nSPS) is 20.8. The minimum Gasteiger partial charge on any atom is -0.324 e. The van der Waals surface area contributed by atoms with Crippen molar-refractivity contribution in [2.45, 2.75) is 32.1 Å². The van der Waals surface area contributed by atoms with Gasteiger partial charge in [-0.15, -0.1) is 0 Å². The molecule has 3 nitrogen and oxygen atoms in total. The molecular weight excluding hydrogens is 284 g/mol. The number of benzene rings is 1. The fourth-order valence-electron chi connectivity index (χ4n) is 4.28. The van der Waals surface area contributed by atoms with Crippen molar-refractivity contribution in [2.24, 2.45) is 5.41 Å². The molecule has 22 heavy (non-hydrogen) atoms. The molecule has 4 rings (SSSR count).